The molecule has 42 heavy (non-hydrogen) atoms. The lowest BCUT2D eigenvalue weighted by molar-refractivity contribution is 0.0525. The van der Waals surface area contributed by atoms with E-state index in [0.29, 0.717) is 53.2 Å². The molecule has 1 aromatic heterocycles. The van der Waals surface area contributed by atoms with Gasteiger partial charge in [0.1, 0.15) is 28.6 Å². The second kappa shape index (κ2) is 12.2. The van der Waals surface area contributed by atoms with Gasteiger partial charge in [-0.25, -0.2) is 9.59 Å². The summed E-state index contributed by atoms with van der Waals surface area (Å²) in [5, 5.41) is 2.84. The highest BCUT2D eigenvalue weighted by Crippen LogP contribution is 2.44. The van der Waals surface area contributed by atoms with Crippen LogP contribution < -0.4 is 34.9 Å². The van der Waals surface area contributed by atoms with Crippen molar-refractivity contribution in [1.29, 1.82) is 0 Å². The van der Waals surface area contributed by atoms with E-state index in [9.17, 15) is 9.59 Å². The molecule has 0 aliphatic carbocycles. The highest BCUT2D eigenvalue weighted by molar-refractivity contribution is 5.79. The van der Waals surface area contributed by atoms with E-state index in [1.54, 1.807) is 53.8 Å². The van der Waals surface area contributed by atoms with Gasteiger partial charge in [0.15, 0.2) is 11.5 Å². The fourth-order valence-corrected chi connectivity index (χ4v) is 5.11. The molecule has 226 valence electrons. The highest BCUT2D eigenvalue weighted by atomic mass is 16.6. The lowest BCUT2D eigenvalue weighted by Gasteiger charge is -2.34. The fraction of sp³-hybridized carbons (Fsp3) is 0.452. The third-order valence-electron chi connectivity index (χ3n) is 6.98. The monoisotopic (exact) mass is 580 g/mol. The average Bonchev–Trinajstić information content (AvgIpc) is 2.94. The van der Waals surface area contributed by atoms with Crippen LogP contribution in [0, 0.1) is 6.92 Å². The first-order chi connectivity index (χ1) is 19.9. The minimum Gasteiger partial charge on any atom is -0.494 e. The van der Waals surface area contributed by atoms with Crippen LogP contribution in [-0.4, -0.2) is 62.3 Å². The molecule has 11 heteroatoms. The van der Waals surface area contributed by atoms with Crippen LogP contribution in [-0.2, 0) is 17.7 Å². The molecule has 0 saturated heterocycles. The fourth-order valence-electron chi connectivity index (χ4n) is 5.11. The first-order valence-electron chi connectivity index (χ1n) is 13.8. The van der Waals surface area contributed by atoms with E-state index < -0.39 is 23.4 Å². The Morgan fingerprint density at radius 2 is 1.57 bits per heavy atom. The molecule has 2 aromatic carbocycles. The van der Waals surface area contributed by atoms with E-state index in [2.05, 4.69) is 10.3 Å². The summed E-state index contributed by atoms with van der Waals surface area (Å²) in [4.78, 5) is 32.5. The molecular formula is C31H40N4O7. The van der Waals surface area contributed by atoms with Gasteiger partial charge in [-0.15, -0.1) is 0 Å². The van der Waals surface area contributed by atoms with E-state index >= 15 is 0 Å². The summed E-state index contributed by atoms with van der Waals surface area (Å²) in [7, 11) is 6.32. The summed E-state index contributed by atoms with van der Waals surface area (Å²) in [6, 6.07) is 9.06. The van der Waals surface area contributed by atoms with Crippen molar-refractivity contribution in [3.8, 4) is 34.3 Å². The average molecular weight is 581 g/mol. The van der Waals surface area contributed by atoms with Crippen molar-refractivity contribution in [3.63, 3.8) is 0 Å². The molecule has 1 amide bonds. The molecule has 0 spiro atoms. The molecule has 1 aliphatic rings. The van der Waals surface area contributed by atoms with Gasteiger partial charge in [0, 0.05) is 24.7 Å². The summed E-state index contributed by atoms with van der Waals surface area (Å²) in [5.74, 6) is 2.61. The molecule has 0 fully saturated rings. The summed E-state index contributed by atoms with van der Waals surface area (Å²) in [5.41, 5.74) is 3.02. The predicted molar refractivity (Wildman–Crippen MR) is 161 cm³/mol. The number of carbonyl (C=O) groups excluding carboxylic acids is 1. The number of rotatable bonds is 9. The number of anilines is 2. The van der Waals surface area contributed by atoms with Crippen LogP contribution in [0.2, 0.25) is 0 Å². The number of alkyl carbamates (subject to hydrolysis) is 1. The number of ether oxygens (including phenoxy) is 5. The molecule has 1 aliphatic heterocycles. The van der Waals surface area contributed by atoms with E-state index in [-0.39, 0.29) is 6.54 Å². The number of hydrogen-bond acceptors (Lipinski definition) is 9. The van der Waals surface area contributed by atoms with Gasteiger partial charge < -0.3 is 33.9 Å². The van der Waals surface area contributed by atoms with Crippen molar-refractivity contribution in [2.45, 2.75) is 59.2 Å². The molecule has 0 bridgehead atoms. The topological polar surface area (TPSA) is 113 Å². The number of benzene rings is 2. The summed E-state index contributed by atoms with van der Waals surface area (Å²) < 4.78 is 29.8. The Hall–Kier alpha value is -4.41. The summed E-state index contributed by atoms with van der Waals surface area (Å²) >= 11 is 0. The van der Waals surface area contributed by atoms with Gasteiger partial charge in [-0.3, -0.25) is 4.57 Å². The SMILES string of the molecule is COc1cc2c(cc1OC)-c1cc(N(c3c(OC)cc(C)cc3OC)C(C)CNC(=O)OC(C)(C)C)nc(=O)n1CC2. The van der Waals surface area contributed by atoms with Crippen molar-refractivity contribution in [2.75, 3.05) is 39.9 Å². The van der Waals surface area contributed by atoms with Crippen molar-refractivity contribution in [2.24, 2.45) is 0 Å². The Morgan fingerprint density at radius 1 is 0.976 bits per heavy atom. The zero-order valence-electron chi connectivity index (χ0n) is 25.8. The number of hydrogen-bond donors (Lipinski definition) is 1. The van der Waals surface area contributed by atoms with Gasteiger partial charge in [0.25, 0.3) is 0 Å². The summed E-state index contributed by atoms with van der Waals surface area (Å²) in [6.45, 7) is 9.91. The number of fused-ring (bicyclic) bond motifs is 3. The normalized spacial score (nSPS) is 12.9. The van der Waals surface area contributed by atoms with Crippen LogP contribution in [0.3, 0.4) is 0 Å². The van der Waals surface area contributed by atoms with Crippen molar-refractivity contribution >= 4 is 17.6 Å². The lowest BCUT2D eigenvalue weighted by Crippen LogP contribution is -2.43. The number of carbonyl (C=O) groups is 1. The van der Waals surface area contributed by atoms with Crippen LogP contribution >= 0.6 is 0 Å². The van der Waals surface area contributed by atoms with Gasteiger partial charge in [-0.05, 0) is 76.4 Å². The molecule has 4 rings (SSSR count). The quantitative estimate of drug-likeness (QED) is 0.379. The van der Waals surface area contributed by atoms with Crippen LogP contribution in [0.15, 0.2) is 35.1 Å². The van der Waals surface area contributed by atoms with Crippen molar-refractivity contribution < 1.29 is 28.5 Å². The molecule has 2 heterocycles. The van der Waals surface area contributed by atoms with Crippen LogP contribution in [0.4, 0.5) is 16.3 Å². The molecule has 0 radical (unpaired) electrons. The van der Waals surface area contributed by atoms with Gasteiger partial charge in [0.2, 0.25) is 0 Å². The molecule has 3 aromatic rings. The Morgan fingerprint density at radius 3 is 2.14 bits per heavy atom. The number of aryl methyl sites for hydroxylation is 2. The highest BCUT2D eigenvalue weighted by Gasteiger charge is 2.30. The third kappa shape index (κ3) is 6.24. The third-order valence-corrected chi connectivity index (χ3v) is 6.98. The standard InChI is InChI=1S/C31H40N4O7/c1-18-12-25(40-8)28(26(13-18)41-9)35(19(2)17-32-30(37)42-31(3,4)5)27-16-22-21-15-24(39-7)23(38-6)14-20(21)10-11-34(22)29(36)33-27/h12-16,19H,10-11,17H2,1-9H3,(H,32,37). The maximum atomic E-state index is 13.5. The largest absolute Gasteiger partial charge is 0.494 e. The van der Waals surface area contributed by atoms with Gasteiger partial charge >= 0.3 is 11.8 Å². The van der Waals surface area contributed by atoms with E-state index in [1.807, 2.05) is 49.1 Å². The van der Waals surface area contributed by atoms with E-state index in [1.165, 1.54) is 0 Å². The smallest absolute Gasteiger partial charge is 0.407 e. The van der Waals surface area contributed by atoms with Crippen LogP contribution in [0.25, 0.3) is 11.3 Å². The second-order valence-electron chi connectivity index (χ2n) is 11.2. The maximum Gasteiger partial charge on any atom is 0.407 e. The minimum absolute atomic E-state index is 0.177. The molecule has 1 unspecified atom stereocenters. The Kier molecular flexibility index (Phi) is 8.89. The molecular weight excluding hydrogens is 540 g/mol. The van der Waals surface area contributed by atoms with Crippen LogP contribution in [0.5, 0.6) is 23.0 Å². The molecule has 1 atom stereocenters. The minimum atomic E-state index is -0.651. The van der Waals surface area contributed by atoms with Crippen LogP contribution in [0.1, 0.15) is 38.8 Å². The second-order valence-corrected chi connectivity index (χ2v) is 11.2. The van der Waals surface area contributed by atoms with Gasteiger partial charge in [0.05, 0.1) is 40.2 Å². The van der Waals surface area contributed by atoms with E-state index in [4.69, 9.17) is 23.7 Å². The van der Waals surface area contributed by atoms with Crippen molar-refractivity contribution in [3.05, 3.63) is 51.9 Å². The number of methoxy groups -OCH3 is 4. The number of aromatic nitrogens is 2. The number of nitrogens with zero attached hydrogens (tertiary/aromatic N) is 3. The number of amides is 1. The molecule has 11 nitrogen and oxygen atoms in total. The van der Waals surface area contributed by atoms with Gasteiger partial charge in [-0.2, -0.15) is 4.98 Å². The predicted octanol–water partition coefficient (Wildman–Crippen LogP) is 4.86. The maximum absolute atomic E-state index is 13.5. The first kappa shape index (κ1) is 30.5. The first-order valence-corrected chi connectivity index (χ1v) is 13.8. The van der Waals surface area contributed by atoms with Crippen molar-refractivity contribution in [1.82, 2.24) is 14.9 Å². The Labute approximate surface area is 246 Å². The zero-order chi connectivity index (χ0) is 30.8. The Balaban J connectivity index is 1.89. The summed E-state index contributed by atoms with van der Waals surface area (Å²) in [6.07, 6.45) is 0.0916. The van der Waals surface area contributed by atoms with E-state index in [0.717, 1.165) is 16.7 Å². The Bertz CT molecular complexity index is 1500. The lowest BCUT2D eigenvalue weighted by atomic mass is 9.96. The number of nitrogens with one attached hydrogen (secondary N) is 1. The van der Waals surface area contributed by atoms with Gasteiger partial charge in [-0.1, -0.05) is 0 Å². The molecule has 1 N–H and O–H groups in total. The zero-order valence-corrected chi connectivity index (χ0v) is 25.8. The molecule has 0 saturated carbocycles.